The maximum atomic E-state index is 12.2. The third-order valence-corrected chi connectivity index (χ3v) is 4.29. The highest BCUT2D eigenvalue weighted by molar-refractivity contribution is 5.91. The van der Waals surface area contributed by atoms with E-state index >= 15 is 0 Å². The minimum absolute atomic E-state index is 0.100. The summed E-state index contributed by atoms with van der Waals surface area (Å²) in [5.41, 5.74) is 2.22. The quantitative estimate of drug-likeness (QED) is 0.742. The molecule has 140 valence electrons. The van der Waals surface area contributed by atoms with Gasteiger partial charge in [-0.15, -0.1) is 0 Å². The minimum Gasteiger partial charge on any atom is -0.480 e. The molecule has 0 aromatic carbocycles. The van der Waals surface area contributed by atoms with E-state index in [1.165, 1.54) is 0 Å². The van der Waals surface area contributed by atoms with Gasteiger partial charge in [0.05, 0.1) is 30.8 Å². The number of hydrogen-bond acceptors (Lipinski definition) is 6. The normalized spacial score (nSPS) is 14.3. The Morgan fingerprint density at radius 2 is 2.15 bits per heavy atom. The second-order valence-corrected chi connectivity index (χ2v) is 6.33. The molecule has 0 aliphatic carbocycles. The number of hydrogen-bond donors (Lipinski definition) is 1. The van der Waals surface area contributed by atoms with E-state index in [0.29, 0.717) is 30.3 Å². The number of nitrogens with one attached hydrogen (secondary N) is 1. The standard InChI is InChI=1S/C19H21N5O3/c1-14-12-24-6-2-3-16(19(24)21-14)27-13-18(25)22-15-4-5-17(20-11-15)23-7-9-26-10-8-23/h2-6,11-12H,7-10,13H2,1H3,(H,22,25). The van der Waals surface area contributed by atoms with Crippen molar-refractivity contribution in [3.8, 4) is 5.75 Å². The highest BCUT2D eigenvalue weighted by Crippen LogP contribution is 2.19. The van der Waals surface area contributed by atoms with Gasteiger partial charge in [-0.3, -0.25) is 4.79 Å². The van der Waals surface area contributed by atoms with Gasteiger partial charge in [0.2, 0.25) is 0 Å². The largest absolute Gasteiger partial charge is 0.480 e. The fourth-order valence-electron chi connectivity index (χ4n) is 3.00. The molecular formula is C19H21N5O3. The van der Waals surface area contributed by atoms with E-state index in [2.05, 4.69) is 20.2 Å². The van der Waals surface area contributed by atoms with Gasteiger partial charge in [-0.05, 0) is 31.2 Å². The molecular weight excluding hydrogens is 346 g/mol. The average molecular weight is 367 g/mol. The van der Waals surface area contributed by atoms with Gasteiger partial charge in [-0.1, -0.05) is 0 Å². The number of morpholine rings is 1. The van der Waals surface area contributed by atoms with E-state index in [4.69, 9.17) is 9.47 Å². The summed E-state index contributed by atoms with van der Waals surface area (Å²) in [6.07, 6.45) is 5.45. The third-order valence-electron chi connectivity index (χ3n) is 4.29. The van der Waals surface area contributed by atoms with Gasteiger partial charge in [0, 0.05) is 25.5 Å². The molecule has 1 N–H and O–H groups in total. The number of anilines is 2. The van der Waals surface area contributed by atoms with Gasteiger partial charge in [0.15, 0.2) is 18.0 Å². The van der Waals surface area contributed by atoms with Gasteiger partial charge >= 0.3 is 0 Å². The predicted octanol–water partition coefficient (Wildman–Crippen LogP) is 1.89. The number of nitrogens with zero attached hydrogens (tertiary/aromatic N) is 4. The van der Waals surface area contributed by atoms with Crippen molar-refractivity contribution >= 4 is 23.1 Å². The Morgan fingerprint density at radius 1 is 1.30 bits per heavy atom. The van der Waals surface area contributed by atoms with Crippen molar-refractivity contribution in [1.82, 2.24) is 14.4 Å². The SMILES string of the molecule is Cc1cn2cccc(OCC(=O)Nc3ccc(N4CCOCC4)nc3)c2n1. The number of ether oxygens (including phenoxy) is 2. The monoisotopic (exact) mass is 367 g/mol. The van der Waals surface area contributed by atoms with Crippen LogP contribution in [0, 0.1) is 6.92 Å². The number of imidazole rings is 1. The molecule has 4 heterocycles. The molecule has 0 atom stereocenters. The molecule has 0 radical (unpaired) electrons. The summed E-state index contributed by atoms with van der Waals surface area (Å²) in [6.45, 7) is 4.88. The lowest BCUT2D eigenvalue weighted by Crippen LogP contribution is -2.36. The summed E-state index contributed by atoms with van der Waals surface area (Å²) < 4.78 is 12.9. The second kappa shape index (κ2) is 7.63. The molecule has 4 rings (SSSR count). The maximum Gasteiger partial charge on any atom is 0.262 e. The first-order valence-electron chi connectivity index (χ1n) is 8.85. The molecule has 3 aromatic heterocycles. The number of fused-ring (bicyclic) bond motifs is 1. The Hall–Kier alpha value is -3.13. The number of aromatic nitrogens is 3. The van der Waals surface area contributed by atoms with E-state index in [-0.39, 0.29) is 12.5 Å². The Morgan fingerprint density at radius 3 is 2.93 bits per heavy atom. The lowest BCUT2D eigenvalue weighted by atomic mass is 10.3. The summed E-state index contributed by atoms with van der Waals surface area (Å²) in [4.78, 5) is 23.2. The van der Waals surface area contributed by atoms with E-state index in [1.807, 2.05) is 41.9 Å². The summed E-state index contributed by atoms with van der Waals surface area (Å²) >= 11 is 0. The summed E-state index contributed by atoms with van der Waals surface area (Å²) in [6, 6.07) is 7.40. The molecule has 1 saturated heterocycles. The smallest absolute Gasteiger partial charge is 0.262 e. The van der Waals surface area contributed by atoms with Crippen molar-refractivity contribution in [3.05, 3.63) is 48.5 Å². The van der Waals surface area contributed by atoms with Gasteiger partial charge in [-0.25, -0.2) is 9.97 Å². The molecule has 1 aliphatic heterocycles. The Balaban J connectivity index is 1.35. The van der Waals surface area contributed by atoms with Crippen LogP contribution in [-0.2, 0) is 9.53 Å². The van der Waals surface area contributed by atoms with E-state index in [9.17, 15) is 4.79 Å². The average Bonchev–Trinajstić information content (AvgIpc) is 3.08. The van der Waals surface area contributed by atoms with Gasteiger partial charge in [0.25, 0.3) is 5.91 Å². The number of carbonyl (C=O) groups is 1. The summed E-state index contributed by atoms with van der Waals surface area (Å²) in [5, 5.41) is 2.80. The highest BCUT2D eigenvalue weighted by Gasteiger charge is 2.13. The Kier molecular flexibility index (Phi) is 4.88. The van der Waals surface area contributed by atoms with Crippen LogP contribution >= 0.6 is 0 Å². The number of carbonyl (C=O) groups excluding carboxylic acids is 1. The van der Waals surface area contributed by atoms with Crippen LogP contribution in [0.2, 0.25) is 0 Å². The summed E-state index contributed by atoms with van der Waals surface area (Å²) in [7, 11) is 0. The Bertz CT molecular complexity index is 932. The topological polar surface area (TPSA) is 81.0 Å². The van der Waals surface area contributed by atoms with E-state index < -0.39 is 0 Å². The first kappa shape index (κ1) is 17.3. The van der Waals surface area contributed by atoms with Crippen molar-refractivity contribution in [3.63, 3.8) is 0 Å². The lowest BCUT2D eigenvalue weighted by molar-refractivity contribution is -0.118. The van der Waals surface area contributed by atoms with Crippen LogP contribution in [0.3, 0.4) is 0 Å². The van der Waals surface area contributed by atoms with Crippen LogP contribution < -0.4 is 15.0 Å². The fraction of sp³-hybridized carbons (Fsp3) is 0.316. The number of pyridine rings is 2. The molecule has 1 aliphatic rings. The van der Waals surface area contributed by atoms with Crippen LogP contribution in [0.15, 0.2) is 42.9 Å². The lowest BCUT2D eigenvalue weighted by Gasteiger charge is -2.27. The van der Waals surface area contributed by atoms with Crippen LogP contribution in [0.1, 0.15) is 5.69 Å². The van der Waals surface area contributed by atoms with Crippen LogP contribution in [0.4, 0.5) is 11.5 Å². The molecule has 1 fully saturated rings. The van der Waals surface area contributed by atoms with Crippen molar-refractivity contribution < 1.29 is 14.3 Å². The molecule has 0 bridgehead atoms. The van der Waals surface area contributed by atoms with Crippen molar-refractivity contribution in [2.24, 2.45) is 0 Å². The minimum atomic E-state index is -0.249. The van der Waals surface area contributed by atoms with Crippen molar-refractivity contribution in [2.75, 3.05) is 43.1 Å². The molecule has 8 nitrogen and oxygen atoms in total. The molecule has 27 heavy (non-hydrogen) atoms. The van der Waals surface area contributed by atoms with Crippen LogP contribution in [-0.4, -0.2) is 53.2 Å². The summed E-state index contributed by atoms with van der Waals surface area (Å²) in [5.74, 6) is 1.21. The molecule has 0 saturated carbocycles. The molecule has 0 unspecified atom stereocenters. The number of aryl methyl sites for hydroxylation is 1. The molecule has 3 aromatic rings. The molecule has 1 amide bonds. The first-order valence-corrected chi connectivity index (χ1v) is 8.85. The van der Waals surface area contributed by atoms with Gasteiger partial charge in [0.1, 0.15) is 5.82 Å². The fourth-order valence-corrected chi connectivity index (χ4v) is 3.00. The molecule has 0 spiro atoms. The van der Waals surface area contributed by atoms with Crippen molar-refractivity contribution in [1.29, 1.82) is 0 Å². The highest BCUT2D eigenvalue weighted by atomic mass is 16.5. The van der Waals surface area contributed by atoms with E-state index in [1.54, 1.807) is 12.3 Å². The number of rotatable bonds is 5. The van der Waals surface area contributed by atoms with Crippen LogP contribution in [0.25, 0.3) is 5.65 Å². The zero-order valence-electron chi connectivity index (χ0n) is 15.1. The maximum absolute atomic E-state index is 12.2. The first-order chi connectivity index (χ1) is 13.2. The van der Waals surface area contributed by atoms with Gasteiger partial charge < -0.3 is 24.1 Å². The Labute approximate surface area is 156 Å². The predicted molar refractivity (Wildman–Crippen MR) is 101 cm³/mol. The van der Waals surface area contributed by atoms with Crippen molar-refractivity contribution in [2.45, 2.75) is 6.92 Å². The van der Waals surface area contributed by atoms with Crippen LogP contribution in [0.5, 0.6) is 5.75 Å². The number of amides is 1. The molecule has 8 heteroatoms. The van der Waals surface area contributed by atoms with E-state index in [0.717, 1.165) is 24.6 Å². The zero-order chi connectivity index (χ0) is 18.6. The third kappa shape index (κ3) is 4.01. The van der Waals surface area contributed by atoms with Gasteiger partial charge in [-0.2, -0.15) is 0 Å². The second-order valence-electron chi connectivity index (χ2n) is 6.33. The zero-order valence-corrected chi connectivity index (χ0v) is 15.1.